The standard InChI is InChI=1S/C26H48N.BrH/c1-5-6-7-8-9-10-11-12-13-14-15-16-20-23-26(27(2,3)4)24-25-21-18-17-19-22-25;/h17-19,21-22,26H,5-16,20,23-24H2,1-4H3;1H/q+1;/p-1. The van der Waals surface area contributed by atoms with Crippen LogP contribution < -0.4 is 17.0 Å². The summed E-state index contributed by atoms with van der Waals surface area (Å²) in [5.41, 5.74) is 1.49. The molecule has 1 aromatic rings. The molecule has 0 bridgehead atoms. The van der Waals surface area contributed by atoms with E-state index in [2.05, 4.69) is 58.4 Å². The molecule has 1 nitrogen and oxygen atoms in total. The first-order valence-electron chi connectivity index (χ1n) is 11.9. The molecule has 164 valence electrons. The van der Waals surface area contributed by atoms with Crippen molar-refractivity contribution in [3.8, 4) is 0 Å². The molecule has 1 aromatic carbocycles. The number of likely N-dealkylation sites (N-methyl/N-ethyl adjacent to an activating group) is 1. The Morgan fingerprint density at radius 1 is 0.643 bits per heavy atom. The number of quaternary nitrogens is 1. The van der Waals surface area contributed by atoms with Crippen LogP contribution in [-0.4, -0.2) is 31.7 Å². The summed E-state index contributed by atoms with van der Waals surface area (Å²) in [6.45, 7) is 2.30. The van der Waals surface area contributed by atoms with Crippen molar-refractivity contribution in [1.82, 2.24) is 0 Å². The van der Waals surface area contributed by atoms with Gasteiger partial charge in [0.25, 0.3) is 0 Å². The van der Waals surface area contributed by atoms with Gasteiger partial charge in [0.1, 0.15) is 0 Å². The van der Waals surface area contributed by atoms with Gasteiger partial charge in [-0.25, -0.2) is 0 Å². The van der Waals surface area contributed by atoms with Gasteiger partial charge in [0.15, 0.2) is 0 Å². The normalized spacial score (nSPS) is 12.6. The van der Waals surface area contributed by atoms with Crippen molar-refractivity contribution in [2.24, 2.45) is 0 Å². The molecule has 0 saturated carbocycles. The van der Waals surface area contributed by atoms with Gasteiger partial charge in [-0.2, -0.15) is 0 Å². The van der Waals surface area contributed by atoms with Crippen LogP contribution in [0.25, 0.3) is 0 Å². The zero-order chi connectivity index (χ0) is 19.8. The van der Waals surface area contributed by atoms with Crippen LogP contribution in [0, 0.1) is 0 Å². The lowest BCUT2D eigenvalue weighted by Crippen LogP contribution is -3.00. The van der Waals surface area contributed by atoms with Crippen molar-refractivity contribution in [3.05, 3.63) is 35.9 Å². The molecular weight excluding hydrogens is 406 g/mol. The molecule has 0 fully saturated rings. The molecule has 0 aromatic heterocycles. The Balaban J connectivity index is 0.00000729. The minimum absolute atomic E-state index is 0. The highest BCUT2D eigenvalue weighted by atomic mass is 79.9. The van der Waals surface area contributed by atoms with Crippen LogP contribution in [0.3, 0.4) is 0 Å². The minimum atomic E-state index is 0. The van der Waals surface area contributed by atoms with Crippen LogP contribution in [0.1, 0.15) is 102 Å². The van der Waals surface area contributed by atoms with Gasteiger partial charge in [0, 0.05) is 6.42 Å². The van der Waals surface area contributed by atoms with E-state index in [4.69, 9.17) is 0 Å². The number of halogens is 1. The van der Waals surface area contributed by atoms with Crippen molar-refractivity contribution < 1.29 is 21.5 Å². The molecule has 0 aliphatic carbocycles. The maximum Gasteiger partial charge on any atom is 0.0925 e. The molecular formula is C26H48BrN. The highest BCUT2D eigenvalue weighted by Gasteiger charge is 2.23. The number of benzene rings is 1. The van der Waals surface area contributed by atoms with Gasteiger partial charge in [0.2, 0.25) is 0 Å². The molecule has 0 N–H and O–H groups in total. The zero-order valence-electron chi connectivity index (χ0n) is 19.4. The van der Waals surface area contributed by atoms with Crippen LogP contribution in [0.5, 0.6) is 0 Å². The largest absolute Gasteiger partial charge is 1.00 e. The summed E-state index contributed by atoms with van der Waals surface area (Å²) in [7, 11) is 7.07. The Kier molecular flexibility index (Phi) is 17.3. The van der Waals surface area contributed by atoms with Crippen LogP contribution >= 0.6 is 0 Å². The Hall–Kier alpha value is -0.340. The Labute approximate surface area is 187 Å². The summed E-state index contributed by atoms with van der Waals surface area (Å²) in [5, 5.41) is 0. The number of unbranched alkanes of at least 4 members (excludes halogenated alkanes) is 12. The van der Waals surface area contributed by atoms with E-state index >= 15 is 0 Å². The molecule has 0 heterocycles. The first kappa shape index (κ1) is 27.7. The summed E-state index contributed by atoms with van der Waals surface area (Å²) in [6, 6.07) is 11.8. The zero-order valence-corrected chi connectivity index (χ0v) is 21.0. The monoisotopic (exact) mass is 453 g/mol. The van der Waals surface area contributed by atoms with E-state index in [1.54, 1.807) is 0 Å². The third kappa shape index (κ3) is 14.6. The first-order chi connectivity index (χ1) is 13.0. The summed E-state index contributed by atoms with van der Waals surface area (Å²) in [5.74, 6) is 0. The van der Waals surface area contributed by atoms with E-state index in [9.17, 15) is 0 Å². The van der Waals surface area contributed by atoms with Gasteiger partial charge in [-0.1, -0.05) is 114 Å². The van der Waals surface area contributed by atoms with E-state index in [-0.39, 0.29) is 17.0 Å². The molecule has 2 heteroatoms. The second-order valence-electron chi connectivity index (χ2n) is 9.49. The van der Waals surface area contributed by atoms with Gasteiger partial charge >= 0.3 is 0 Å². The molecule has 1 atom stereocenters. The minimum Gasteiger partial charge on any atom is -1.00 e. The fourth-order valence-electron chi connectivity index (χ4n) is 4.05. The molecule has 0 spiro atoms. The molecule has 0 aliphatic rings. The third-order valence-corrected chi connectivity index (χ3v) is 6.05. The fraction of sp³-hybridized carbons (Fsp3) is 0.769. The summed E-state index contributed by atoms with van der Waals surface area (Å²) < 4.78 is 1.08. The van der Waals surface area contributed by atoms with Crippen LogP contribution in [-0.2, 0) is 6.42 Å². The van der Waals surface area contributed by atoms with E-state index < -0.39 is 0 Å². The maximum absolute atomic E-state index is 2.36. The third-order valence-electron chi connectivity index (χ3n) is 6.05. The number of hydrogen-bond donors (Lipinski definition) is 0. The van der Waals surface area contributed by atoms with Crippen molar-refractivity contribution in [2.45, 2.75) is 109 Å². The lowest BCUT2D eigenvalue weighted by molar-refractivity contribution is -0.896. The van der Waals surface area contributed by atoms with Crippen LogP contribution in [0.2, 0.25) is 0 Å². The van der Waals surface area contributed by atoms with Gasteiger partial charge in [-0.3, -0.25) is 0 Å². The Bertz CT molecular complexity index is 437. The molecule has 0 saturated heterocycles. The quantitative estimate of drug-likeness (QED) is 0.235. The lowest BCUT2D eigenvalue weighted by atomic mass is 9.97. The summed E-state index contributed by atoms with van der Waals surface area (Å²) in [6.07, 6.45) is 21.3. The average Bonchev–Trinajstić information content (AvgIpc) is 2.64. The molecule has 1 unspecified atom stereocenters. The fourth-order valence-corrected chi connectivity index (χ4v) is 4.05. The highest BCUT2D eigenvalue weighted by molar-refractivity contribution is 5.15. The van der Waals surface area contributed by atoms with Crippen molar-refractivity contribution in [1.29, 1.82) is 0 Å². The Morgan fingerprint density at radius 3 is 1.50 bits per heavy atom. The average molecular weight is 455 g/mol. The summed E-state index contributed by atoms with van der Waals surface area (Å²) >= 11 is 0. The number of hydrogen-bond acceptors (Lipinski definition) is 0. The van der Waals surface area contributed by atoms with Crippen LogP contribution in [0.4, 0.5) is 0 Å². The van der Waals surface area contributed by atoms with Gasteiger partial charge in [0.05, 0.1) is 27.2 Å². The molecule has 28 heavy (non-hydrogen) atoms. The van der Waals surface area contributed by atoms with Crippen molar-refractivity contribution >= 4 is 0 Å². The van der Waals surface area contributed by atoms with E-state index in [0.29, 0.717) is 0 Å². The van der Waals surface area contributed by atoms with Crippen molar-refractivity contribution in [2.75, 3.05) is 21.1 Å². The molecule has 1 rings (SSSR count). The predicted octanol–water partition coefficient (Wildman–Crippen LogP) is 4.79. The van der Waals surface area contributed by atoms with Crippen LogP contribution in [0.15, 0.2) is 30.3 Å². The first-order valence-corrected chi connectivity index (χ1v) is 11.9. The second-order valence-corrected chi connectivity index (χ2v) is 9.49. The SMILES string of the molecule is CCCCCCCCCCCCCCCC(Cc1ccccc1)[N+](C)(C)C.[Br-]. The van der Waals surface area contributed by atoms with Gasteiger partial charge in [-0.15, -0.1) is 0 Å². The Morgan fingerprint density at radius 2 is 1.07 bits per heavy atom. The smallest absolute Gasteiger partial charge is 0.0925 e. The lowest BCUT2D eigenvalue weighted by Gasteiger charge is -2.34. The van der Waals surface area contributed by atoms with Crippen molar-refractivity contribution in [3.63, 3.8) is 0 Å². The number of nitrogens with zero attached hydrogens (tertiary/aromatic N) is 1. The number of rotatable bonds is 17. The topological polar surface area (TPSA) is 0 Å². The highest BCUT2D eigenvalue weighted by Crippen LogP contribution is 2.19. The second kappa shape index (κ2) is 17.5. The molecule has 0 aliphatic heterocycles. The van der Waals surface area contributed by atoms with E-state index in [0.717, 1.165) is 10.5 Å². The van der Waals surface area contributed by atoms with E-state index in [1.807, 2.05) is 0 Å². The maximum atomic E-state index is 2.36. The molecule has 0 radical (unpaired) electrons. The molecule has 0 amide bonds. The van der Waals surface area contributed by atoms with Gasteiger partial charge < -0.3 is 21.5 Å². The van der Waals surface area contributed by atoms with Gasteiger partial charge in [-0.05, 0) is 18.4 Å². The summed E-state index contributed by atoms with van der Waals surface area (Å²) in [4.78, 5) is 0. The predicted molar refractivity (Wildman–Crippen MR) is 122 cm³/mol. The van der Waals surface area contributed by atoms with E-state index in [1.165, 1.54) is 102 Å².